The Balaban J connectivity index is 1.42. The summed E-state index contributed by atoms with van der Waals surface area (Å²) in [5.41, 5.74) is 5.56. The number of ether oxygens (including phenoxy) is 4. The van der Waals surface area contributed by atoms with E-state index in [1.807, 2.05) is 43.3 Å². The average Bonchev–Trinajstić information content (AvgIpc) is 3.00. The second kappa shape index (κ2) is 16.1. The Bertz CT molecular complexity index is 1600. The number of halogens is 3. The van der Waals surface area contributed by atoms with Gasteiger partial charge in [-0.3, -0.25) is 5.43 Å². The number of aliphatic hydroxyl groups is 1. The lowest BCUT2D eigenvalue weighted by Crippen LogP contribution is -2.45. The predicted molar refractivity (Wildman–Crippen MR) is 179 cm³/mol. The molecule has 0 aromatic heterocycles. The third-order valence-electron chi connectivity index (χ3n) is 6.43. The normalized spacial score (nSPS) is 15.3. The van der Waals surface area contributed by atoms with Crippen molar-refractivity contribution in [3.8, 4) is 17.2 Å². The number of benzene rings is 3. The number of hydrazone groups is 1. The zero-order valence-electron chi connectivity index (χ0n) is 24.5. The predicted octanol–water partition coefficient (Wildman–Crippen LogP) is 6.07. The van der Waals surface area contributed by atoms with E-state index in [1.165, 1.54) is 13.3 Å². The third-order valence-corrected chi connectivity index (χ3v) is 8.01. The molecule has 2 amide bonds. The quantitative estimate of drug-likeness (QED) is 0.0707. The number of carbonyl (C=O) groups excluding carboxylic acids is 2. The van der Waals surface area contributed by atoms with E-state index in [0.717, 1.165) is 19.0 Å². The third kappa shape index (κ3) is 9.22. The molecule has 14 heteroatoms. The van der Waals surface area contributed by atoms with Crippen molar-refractivity contribution in [2.24, 2.45) is 5.10 Å². The summed E-state index contributed by atoms with van der Waals surface area (Å²) in [6.07, 6.45) is 0.371. The van der Waals surface area contributed by atoms with E-state index in [2.05, 4.69) is 69.0 Å². The number of carbonyl (C=O) groups is 2. The molecule has 0 unspecified atom stereocenters. The first kappa shape index (κ1) is 34.3. The SMILES string of the molecule is CCOc1cc([C@H]2NC(=O)NC(C)=C2C(=O)OC)ccc1OC[C@H](O)N/N=C/c1cc(Br)cc(Br)c1OCc1ccc(Br)cc1. The highest BCUT2D eigenvalue weighted by Gasteiger charge is 2.32. The van der Waals surface area contributed by atoms with Crippen molar-refractivity contribution < 1.29 is 33.6 Å². The number of allylic oxidation sites excluding steroid dienone is 1. The molecule has 2 atom stereocenters. The van der Waals surface area contributed by atoms with Gasteiger partial charge in [0.2, 0.25) is 0 Å². The van der Waals surface area contributed by atoms with Crippen molar-refractivity contribution in [2.75, 3.05) is 20.3 Å². The number of hydrogen-bond donors (Lipinski definition) is 4. The molecule has 11 nitrogen and oxygen atoms in total. The molecule has 3 aromatic carbocycles. The minimum absolute atomic E-state index is 0.164. The molecule has 4 rings (SSSR count). The molecule has 0 radical (unpaired) electrons. The number of esters is 1. The average molecular weight is 811 g/mol. The summed E-state index contributed by atoms with van der Waals surface area (Å²) in [4.78, 5) is 24.6. The summed E-state index contributed by atoms with van der Waals surface area (Å²) >= 11 is 10.5. The van der Waals surface area contributed by atoms with Crippen molar-refractivity contribution in [3.05, 3.63) is 96.0 Å². The van der Waals surface area contributed by atoms with E-state index in [4.69, 9.17) is 18.9 Å². The fraction of sp³-hybridized carbons (Fsp3) is 0.258. The minimum atomic E-state index is -1.17. The fourth-order valence-electron chi connectivity index (χ4n) is 4.38. The Hall–Kier alpha value is -3.59. The number of aliphatic hydroxyl groups excluding tert-OH is 1. The summed E-state index contributed by atoms with van der Waals surface area (Å²) in [6, 6.07) is 15.4. The van der Waals surface area contributed by atoms with Gasteiger partial charge < -0.3 is 34.7 Å². The van der Waals surface area contributed by atoms with E-state index >= 15 is 0 Å². The molecule has 1 heterocycles. The number of urea groups is 1. The number of rotatable bonds is 13. The van der Waals surface area contributed by atoms with Crippen LogP contribution >= 0.6 is 47.8 Å². The summed E-state index contributed by atoms with van der Waals surface area (Å²) < 4.78 is 25.1. The maximum atomic E-state index is 12.5. The Morgan fingerprint density at radius 1 is 1.04 bits per heavy atom. The van der Waals surface area contributed by atoms with Gasteiger partial charge in [0.05, 0.1) is 36.0 Å². The number of nitrogens with one attached hydrogen (secondary N) is 3. The number of nitrogens with zero attached hydrogens (tertiary/aromatic N) is 1. The Morgan fingerprint density at radius 3 is 2.51 bits per heavy atom. The van der Waals surface area contributed by atoms with Gasteiger partial charge in [0.25, 0.3) is 0 Å². The van der Waals surface area contributed by atoms with Gasteiger partial charge in [0.15, 0.2) is 17.7 Å². The zero-order valence-corrected chi connectivity index (χ0v) is 29.3. The van der Waals surface area contributed by atoms with Crippen LogP contribution in [0.3, 0.4) is 0 Å². The van der Waals surface area contributed by atoms with Gasteiger partial charge in [0, 0.05) is 20.2 Å². The highest BCUT2D eigenvalue weighted by atomic mass is 79.9. The summed E-state index contributed by atoms with van der Waals surface area (Å²) in [6.45, 7) is 3.96. The van der Waals surface area contributed by atoms with E-state index < -0.39 is 24.3 Å². The van der Waals surface area contributed by atoms with Crippen LogP contribution in [0.25, 0.3) is 0 Å². The second-order valence-electron chi connectivity index (χ2n) is 9.64. The molecule has 0 aliphatic carbocycles. The minimum Gasteiger partial charge on any atom is -0.490 e. The topological polar surface area (TPSA) is 140 Å². The lowest BCUT2D eigenvalue weighted by atomic mass is 9.95. The lowest BCUT2D eigenvalue weighted by molar-refractivity contribution is -0.136. The molecule has 3 aromatic rings. The second-order valence-corrected chi connectivity index (χ2v) is 12.3. The van der Waals surface area contributed by atoms with E-state index in [9.17, 15) is 14.7 Å². The van der Waals surface area contributed by atoms with Gasteiger partial charge in [-0.2, -0.15) is 5.10 Å². The van der Waals surface area contributed by atoms with Gasteiger partial charge in [-0.25, -0.2) is 9.59 Å². The van der Waals surface area contributed by atoms with Gasteiger partial charge in [-0.15, -0.1) is 0 Å². The van der Waals surface area contributed by atoms with Crippen molar-refractivity contribution in [2.45, 2.75) is 32.7 Å². The number of hydrogen-bond acceptors (Lipinski definition) is 9. The lowest BCUT2D eigenvalue weighted by Gasteiger charge is -2.28. The van der Waals surface area contributed by atoms with Crippen LogP contribution in [0.2, 0.25) is 0 Å². The largest absolute Gasteiger partial charge is 0.490 e. The van der Waals surface area contributed by atoms with E-state index in [1.54, 1.807) is 25.1 Å². The first-order valence-corrected chi connectivity index (χ1v) is 16.1. The molecule has 1 aliphatic heterocycles. The van der Waals surface area contributed by atoms with Gasteiger partial charge in [-0.1, -0.05) is 50.1 Å². The molecular weight excluding hydrogens is 780 g/mol. The first-order valence-electron chi connectivity index (χ1n) is 13.7. The monoisotopic (exact) mass is 808 g/mol. The highest BCUT2D eigenvalue weighted by molar-refractivity contribution is 9.11. The van der Waals surface area contributed by atoms with Crippen LogP contribution in [0.5, 0.6) is 17.2 Å². The fourth-order valence-corrected chi connectivity index (χ4v) is 6.02. The molecule has 0 spiro atoms. The van der Waals surface area contributed by atoms with Gasteiger partial charge in [-0.05, 0) is 77.3 Å². The van der Waals surface area contributed by atoms with Crippen molar-refractivity contribution >= 4 is 66.0 Å². The van der Waals surface area contributed by atoms with Crippen LogP contribution in [-0.4, -0.2) is 49.9 Å². The van der Waals surface area contributed by atoms with Crippen LogP contribution in [0.15, 0.2) is 84.4 Å². The Morgan fingerprint density at radius 2 is 1.80 bits per heavy atom. The summed E-state index contributed by atoms with van der Waals surface area (Å²) in [5.74, 6) is 0.734. The van der Waals surface area contributed by atoms with Crippen LogP contribution in [0.1, 0.15) is 36.6 Å². The molecule has 0 fully saturated rings. The van der Waals surface area contributed by atoms with Gasteiger partial charge >= 0.3 is 12.0 Å². The maximum Gasteiger partial charge on any atom is 0.337 e. The molecule has 1 aliphatic rings. The highest BCUT2D eigenvalue weighted by Crippen LogP contribution is 2.35. The summed E-state index contributed by atoms with van der Waals surface area (Å²) in [7, 11) is 1.28. The van der Waals surface area contributed by atoms with E-state index in [-0.39, 0.29) is 12.2 Å². The van der Waals surface area contributed by atoms with Crippen LogP contribution < -0.4 is 30.3 Å². The first-order chi connectivity index (χ1) is 21.6. The standard InChI is InChI=1S/C31H31Br3N4O7/c1-4-43-25-12-19(28-27(30(40)42-3)17(2)36-31(41)37-28)7-10-24(25)44-16-26(39)38-35-14-20-11-22(33)13-23(34)29(20)45-15-18-5-8-21(32)9-6-18/h5-14,26,28,38-39H,4,15-16H2,1-3H3,(H2,36,37,41)/b35-14+/t26-,28+/m0/s1. The molecular formula is C31H31Br3N4O7. The molecule has 0 bridgehead atoms. The van der Waals surface area contributed by atoms with Crippen molar-refractivity contribution in [1.29, 1.82) is 0 Å². The molecule has 0 saturated carbocycles. The number of amides is 2. The van der Waals surface area contributed by atoms with Crippen LogP contribution in [0, 0.1) is 0 Å². The molecule has 0 saturated heterocycles. The van der Waals surface area contributed by atoms with E-state index in [0.29, 0.717) is 47.3 Å². The smallest absolute Gasteiger partial charge is 0.337 e. The summed E-state index contributed by atoms with van der Waals surface area (Å²) in [5, 5.41) is 20.1. The molecule has 45 heavy (non-hydrogen) atoms. The molecule has 4 N–H and O–H groups in total. The maximum absolute atomic E-state index is 12.5. The van der Waals surface area contributed by atoms with Gasteiger partial charge in [0.1, 0.15) is 19.0 Å². The van der Waals surface area contributed by atoms with Crippen LogP contribution in [0.4, 0.5) is 4.79 Å². The Labute approximate surface area is 285 Å². The number of methoxy groups -OCH3 is 1. The zero-order chi connectivity index (χ0) is 32.5. The Kier molecular flexibility index (Phi) is 12.3. The van der Waals surface area contributed by atoms with Crippen molar-refractivity contribution in [3.63, 3.8) is 0 Å². The van der Waals surface area contributed by atoms with Crippen LogP contribution in [-0.2, 0) is 16.1 Å². The van der Waals surface area contributed by atoms with Crippen molar-refractivity contribution in [1.82, 2.24) is 16.1 Å². The molecule has 238 valence electrons.